The number of rotatable bonds is 5. The van der Waals surface area contributed by atoms with Crippen LogP contribution in [0.5, 0.6) is 0 Å². The Hall–Kier alpha value is -3.98. The van der Waals surface area contributed by atoms with Crippen LogP contribution in [-0.2, 0) is 28.2 Å². The molecule has 0 unspecified atom stereocenters. The Kier molecular flexibility index (Phi) is 6.46. The minimum Gasteiger partial charge on any atom is -0.360 e. The zero-order valence-electron chi connectivity index (χ0n) is 22.2. The molecule has 3 aliphatic rings. The largest absolute Gasteiger partial charge is 0.360 e. The number of benzene rings is 4. The fourth-order valence-corrected chi connectivity index (χ4v) is 8.39. The Bertz CT molecular complexity index is 1750. The van der Waals surface area contributed by atoms with E-state index in [0.29, 0.717) is 22.7 Å². The molecule has 1 N–H and O–H groups in total. The molecule has 3 aliphatic heterocycles. The Morgan fingerprint density at radius 2 is 1.31 bits per heavy atom. The number of amides is 3. The summed E-state index contributed by atoms with van der Waals surface area (Å²) in [5, 5.41) is 3.49. The summed E-state index contributed by atoms with van der Waals surface area (Å²) in [6.07, 6.45) is 0. The zero-order valence-corrected chi connectivity index (χ0v) is 24.6. The molecule has 3 atom stereocenters. The average Bonchev–Trinajstić information content (AvgIpc) is 3.51. The highest BCUT2D eigenvalue weighted by Crippen LogP contribution is 2.62. The summed E-state index contributed by atoms with van der Waals surface area (Å²) in [5.74, 6) is -1.48. The van der Waals surface area contributed by atoms with Crippen molar-refractivity contribution in [1.29, 1.82) is 0 Å². The topological polar surface area (TPSA) is 69.7 Å². The van der Waals surface area contributed by atoms with Crippen LogP contribution in [0.4, 0.5) is 10.5 Å². The van der Waals surface area contributed by atoms with Crippen molar-refractivity contribution in [3.05, 3.63) is 136 Å². The Balaban J connectivity index is 1.40. The summed E-state index contributed by atoms with van der Waals surface area (Å²) in [4.78, 5) is 46.2. The molecule has 3 amide bonds. The molecule has 9 heteroatoms. The lowest BCUT2D eigenvalue weighted by atomic mass is 9.71. The number of hydrogen-bond acceptors (Lipinski definition) is 5. The van der Waals surface area contributed by atoms with Gasteiger partial charge in [0.1, 0.15) is 4.99 Å². The molecular weight excluding hydrogens is 586 g/mol. The van der Waals surface area contributed by atoms with Gasteiger partial charge in [-0.15, -0.1) is 0 Å². The van der Waals surface area contributed by atoms with Crippen LogP contribution in [0.25, 0.3) is 0 Å². The van der Waals surface area contributed by atoms with Gasteiger partial charge < -0.3 is 10.2 Å². The lowest BCUT2D eigenvalue weighted by Crippen LogP contribution is -2.52. The third kappa shape index (κ3) is 3.86. The summed E-state index contributed by atoms with van der Waals surface area (Å²) in [5.41, 5.74) is 2.51. The zero-order chi connectivity index (χ0) is 29.1. The molecule has 6 nitrogen and oxygen atoms in total. The number of para-hydroxylation sites is 1. The van der Waals surface area contributed by atoms with Gasteiger partial charge in [0.25, 0.3) is 17.1 Å². The van der Waals surface area contributed by atoms with Crippen molar-refractivity contribution in [3.63, 3.8) is 0 Å². The summed E-state index contributed by atoms with van der Waals surface area (Å²) >= 11 is 13.2. The Labute approximate surface area is 257 Å². The second-order valence-corrected chi connectivity index (χ2v) is 12.7. The van der Waals surface area contributed by atoms with Crippen LogP contribution < -0.4 is 10.2 Å². The molecule has 0 aromatic heterocycles. The van der Waals surface area contributed by atoms with Crippen molar-refractivity contribution >= 4 is 63.3 Å². The monoisotopic (exact) mass is 609 g/mol. The fourth-order valence-electron chi connectivity index (χ4n) is 6.47. The Morgan fingerprint density at radius 1 is 0.738 bits per heavy atom. The summed E-state index contributed by atoms with van der Waals surface area (Å²) in [6, 6.07) is 33.8. The van der Waals surface area contributed by atoms with Gasteiger partial charge in [-0.3, -0.25) is 19.3 Å². The molecule has 0 bridgehead atoms. The highest BCUT2D eigenvalue weighted by molar-refractivity contribution is 8.17. The molecular formula is C33H24ClN3O3S2. The van der Waals surface area contributed by atoms with Crippen molar-refractivity contribution in [1.82, 2.24) is 10.2 Å². The van der Waals surface area contributed by atoms with Crippen LogP contribution in [0.2, 0.25) is 5.02 Å². The quantitative estimate of drug-likeness (QED) is 0.263. The highest BCUT2D eigenvalue weighted by Gasteiger charge is 2.75. The van der Waals surface area contributed by atoms with E-state index < -0.39 is 27.4 Å². The van der Waals surface area contributed by atoms with Crippen molar-refractivity contribution < 1.29 is 14.4 Å². The van der Waals surface area contributed by atoms with Gasteiger partial charge in [-0.1, -0.05) is 115 Å². The second kappa shape index (κ2) is 10.1. The maximum absolute atomic E-state index is 14.8. The van der Waals surface area contributed by atoms with E-state index in [1.165, 1.54) is 4.90 Å². The van der Waals surface area contributed by atoms with Crippen LogP contribution in [0.3, 0.4) is 0 Å². The number of fused-ring (bicyclic) bond motifs is 2. The van der Waals surface area contributed by atoms with E-state index >= 15 is 0 Å². The van der Waals surface area contributed by atoms with Crippen molar-refractivity contribution in [2.24, 2.45) is 0 Å². The van der Waals surface area contributed by atoms with Crippen molar-refractivity contribution in [3.8, 4) is 0 Å². The number of carbonyl (C=O) groups excluding carboxylic acids is 3. The molecule has 2 spiro atoms. The summed E-state index contributed by atoms with van der Waals surface area (Å²) in [6.45, 7) is 0.453. The highest BCUT2D eigenvalue weighted by atomic mass is 35.5. The maximum atomic E-state index is 14.8. The predicted octanol–water partition coefficient (Wildman–Crippen LogP) is 6.43. The number of thiocarbonyl (C=S) groups is 1. The van der Waals surface area contributed by atoms with E-state index in [1.54, 1.807) is 17.0 Å². The second-order valence-electron chi connectivity index (χ2n) is 10.6. The van der Waals surface area contributed by atoms with E-state index in [1.807, 2.05) is 97.1 Å². The smallest absolute Gasteiger partial charge is 0.290 e. The van der Waals surface area contributed by atoms with Gasteiger partial charge in [-0.25, -0.2) is 0 Å². The third-order valence-electron chi connectivity index (χ3n) is 8.29. The lowest BCUT2D eigenvalue weighted by molar-refractivity contribution is -0.129. The van der Waals surface area contributed by atoms with E-state index in [2.05, 4.69) is 5.32 Å². The molecule has 2 saturated heterocycles. The van der Waals surface area contributed by atoms with Crippen LogP contribution in [0, 0.1) is 0 Å². The Morgan fingerprint density at radius 3 is 1.95 bits per heavy atom. The molecule has 4 aromatic rings. The van der Waals surface area contributed by atoms with Crippen LogP contribution in [0.15, 0.2) is 109 Å². The predicted molar refractivity (Wildman–Crippen MR) is 168 cm³/mol. The number of anilines is 1. The van der Waals surface area contributed by atoms with Gasteiger partial charge in [0.2, 0.25) is 0 Å². The lowest BCUT2D eigenvalue weighted by Gasteiger charge is -2.35. The third-order valence-corrected chi connectivity index (χ3v) is 10.4. The van der Waals surface area contributed by atoms with Crippen molar-refractivity contribution in [2.75, 3.05) is 4.90 Å². The van der Waals surface area contributed by atoms with E-state index in [9.17, 15) is 14.4 Å². The molecule has 42 heavy (non-hydrogen) atoms. The first-order valence-corrected chi connectivity index (χ1v) is 15.1. The molecule has 7 rings (SSSR count). The first kappa shape index (κ1) is 26.9. The molecule has 208 valence electrons. The van der Waals surface area contributed by atoms with Crippen LogP contribution in [0.1, 0.15) is 28.2 Å². The minimum atomic E-state index is -1.53. The summed E-state index contributed by atoms with van der Waals surface area (Å²) < 4.78 is -1.53. The van der Waals surface area contributed by atoms with Gasteiger partial charge >= 0.3 is 0 Å². The molecule has 2 fully saturated rings. The van der Waals surface area contributed by atoms with E-state index in [4.69, 9.17) is 23.8 Å². The molecule has 3 heterocycles. The normalized spacial score (nSPS) is 24.6. The molecule has 0 radical (unpaired) electrons. The number of thioether (sulfide) groups is 1. The minimum absolute atomic E-state index is 0.112. The van der Waals surface area contributed by atoms with Crippen LogP contribution in [-0.4, -0.2) is 31.7 Å². The van der Waals surface area contributed by atoms with Gasteiger partial charge in [0.15, 0.2) is 10.3 Å². The van der Waals surface area contributed by atoms with Gasteiger partial charge in [0, 0.05) is 10.6 Å². The number of nitrogens with one attached hydrogen (secondary N) is 1. The first-order chi connectivity index (χ1) is 20.4. The van der Waals surface area contributed by atoms with Gasteiger partial charge in [-0.05, 0) is 46.7 Å². The van der Waals surface area contributed by atoms with E-state index in [0.717, 1.165) is 28.6 Å². The van der Waals surface area contributed by atoms with Crippen molar-refractivity contribution in [2.45, 2.75) is 29.3 Å². The molecule has 0 aliphatic carbocycles. The molecule has 0 saturated carbocycles. The van der Waals surface area contributed by atoms with Gasteiger partial charge in [-0.2, -0.15) is 0 Å². The standard InChI is InChI=1S/C33H24ClN3O3S2/c34-24-17-15-23(16-18-24)27-32(25-13-7-8-14-26(25)36(29(32)38)19-21-9-3-1-4-10-21)35-28(41)33(27)30(39)37(31(40)42-33)20-22-11-5-2-6-12-22/h1-18,27H,19-20H2,(H,35,41)/t27-,32+,33-/m1/s1. The number of nitrogens with zero attached hydrogens (tertiary/aromatic N) is 2. The maximum Gasteiger partial charge on any atom is 0.290 e. The van der Waals surface area contributed by atoms with Crippen LogP contribution >= 0.6 is 35.6 Å². The number of carbonyl (C=O) groups is 3. The summed E-state index contributed by atoms with van der Waals surface area (Å²) in [7, 11) is 0. The fraction of sp³-hybridized carbons (Fsp3) is 0.152. The average molecular weight is 610 g/mol. The SMILES string of the molecule is O=C1S[C@@]2(C(=O)N1Cc1ccccc1)C(=S)N[C@]1(C(=O)N(Cc3ccccc3)c3ccccc31)[C@H]2c1ccc(Cl)cc1. The number of imide groups is 1. The van der Waals surface area contributed by atoms with E-state index in [-0.39, 0.29) is 17.4 Å². The number of hydrogen-bond donors (Lipinski definition) is 1. The van der Waals surface area contributed by atoms with Gasteiger partial charge in [0.05, 0.1) is 24.7 Å². The first-order valence-electron chi connectivity index (χ1n) is 13.5. The molecule has 4 aromatic carbocycles. The number of halogens is 1.